The Balaban J connectivity index is 2.27. The molecule has 0 bridgehead atoms. The molecule has 0 amide bonds. The Morgan fingerprint density at radius 1 is 0.947 bits per heavy atom. The number of rotatable bonds is 2. The van der Waals surface area contributed by atoms with Gasteiger partial charge in [-0.3, -0.25) is 4.98 Å². The molecule has 94 valence electrons. The highest BCUT2D eigenvalue weighted by molar-refractivity contribution is 5.97. The molecule has 3 heteroatoms. The first-order valence-electron chi connectivity index (χ1n) is 6.12. The molecule has 0 saturated carbocycles. The maximum absolute atomic E-state index is 13.0. The second-order valence-corrected chi connectivity index (χ2v) is 4.38. The number of hydrogen-bond acceptors (Lipinski definition) is 2. The molecule has 0 spiro atoms. The predicted octanol–water partition coefficient (Wildman–Crippen LogP) is 3.50. The topological polar surface area (TPSA) is 38.9 Å². The van der Waals surface area contributed by atoms with Crippen molar-refractivity contribution in [3.63, 3.8) is 0 Å². The van der Waals surface area contributed by atoms with Gasteiger partial charge in [0, 0.05) is 23.7 Å². The highest BCUT2D eigenvalue weighted by Crippen LogP contribution is 2.29. The van der Waals surface area contributed by atoms with Crippen molar-refractivity contribution in [1.29, 1.82) is 0 Å². The molecule has 0 unspecified atom stereocenters. The van der Waals surface area contributed by atoms with E-state index >= 15 is 0 Å². The van der Waals surface area contributed by atoms with E-state index in [4.69, 9.17) is 5.73 Å². The number of pyridine rings is 1. The van der Waals surface area contributed by atoms with Crippen LogP contribution < -0.4 is 5.73 Å². The fourth-order valence-electron chi connectivity index (χ4n) is 2.27. The average Bonchev–Trinajstić information content (AvgIpc) is 2.47. The molecule has 0 radical (unpaired) electrons. The molecule has 19 heavy (non-hydrogen) atoms. The number of halogens is 1. The van der Waals surface area contributed by atoms with Crippen LogP contribution in [-0.2, 0) is 6.54 Å². The van der Waals surface area contributed by atoms with Gasteiger partial charge in [-0.15, -0.1) is 0 Å². The minimum absolute atomic E-state index is 0.236. The van der Waals surface area contributed by atoms with Crippen molar-refractivity contribution >= 4 is 10.8 Å². The Hall–Kier alpha value is -2.26. The van der Waals surface area contributed by atoms with Crippen molar-refractivity contribution in [3.8, 4) is 11.1 Å². The largest absolute Gasteiger partial charge is 0.325 e. The van der Waals surface area contributed by atoms with Gasteiger partial charge < -0.3 is 5.73 Å². The summed E-state index contributed by atoms with van der Waals surface area (Å²) in [6, 6.07) is 14.4. The predicted molar refractivity (Wildman–Crippen MR) is 75.0 cm³/mol. The zero-order valence-electron chi connectivity index (χ0n) is 10.3. The summed E-state index contributed by atoms with van der Waals surface area (Å²) in [5.74, 6) is -0.236. The number of nitrogens with two attached hydrogens (primary N) is 1. The van der Waals surface area contributed by atoms with E-state index in [1.807, 2.05) is 24.3 Å². The van der Waals surface area contributed by atoms with Gasteiger partial charge in [0.2, 0.25) is 0 Å². The summed E-state index contributed by atoms with van der Waals surface area (Å²) in [5.41, 5.74) is 8.53. The third-order valence-electron chi connectivity index (χ3n) is 3.23. The second-order valence-electron chi connectivity index (χ2n) is 4.38. The minimum atomic E-state index is -0.236. The molecule has 1 heterocycles. The van der Waals surface area contributed by atoms with Crippen LogP contribution in [0.3, 0.4) is 0 Å². The number of fused-ring (bicyclic) bond motifs is 1. The lowest BCUT2D eigenvalue weighted by Crippen LogP contribution is -2.01. The van der Waals surface area contributed by atoms with Crippen molar-refractivity contribution in [2.75, 3.05) is 0 Å². The lowest BCUT2D eigenvalue weighted by atomic mass is 9.99. The third kappa shape index (κ3) is 2.09. The van der Waals surface area contributed by atoms with Crippen LogP contribution in [0.15, 0.2) is 54.7 Å². The van der Waals surface area contributed by atoms with E-state index in [1.165, 1.54) is 12.1 Å². The van der Waals surface area contributed by atoms with Crippen molar-refractivity contribution in [2.45, 2.75) is 6.54 Å². The van der Waals surface area contributed by atoms with Crippen LogP contribution in [0.4, 0.5) is 4.39 Å². The van der Waals surface area contributed by atoms with Crippen LogP contribution >= 0.6 is 0 Å². The summed E-state index contributed by atoms with van der Waals surface area (Å²) in [4.78, 5) is 4.41. The zero-order valence-corrected chi connectivity index (χ0v) is 10.3. The molecule has 0 aliphatic carbocycles. The lowest BCUT2D eigenvalue weighted by molar-refractivity contribution is 0.628. The molecular weight excluding hydrogens is 239 g/mol. The maximum Gasteiger partial charge on any atom is 0.123 e. The normalized spacial score (nSPS) is 10.8. The second kappa shape index (κ2) is 4.78. The van der Waals surface area contributed by atoms with Crippen LogP contribution in [0.1, 0.15) is 5.69 Å². The molecule has 0 fully saturated rings. The molecule has 0 aliphatic rings. The van der Waals surface area contributed by atoms with Gasteiger partial charge in [-0.1, -0.05) is 36.4 Å². The Bertz CT molecular complexity index is 720. The monoisotopic (exact) mass is 252 g/mol. The highest BCUT2D eigenvalue weighted by atomic mass is 19.1. The van der Waals surface area contributed by atoms with Crippen LogP contribution in [0.25, 0.3) is 21.9 Å². The average molecular weight is 252 g/mol. The van der Waals surface area contributed by atoms with Crippen LogP contribution in [0.2, 0.25) is 0 Å². The first-order chi connectivity index (χ1) is 9.29. The number of aromatic nitrogens is 1. The molecule has 2 N–H and O–H groups in total. The molecule has 0 aliphatic heterocycles. The lowest BCUT2D eigenvalue weighted by Gasteiger charge is -2.09. The molecule has 2 nitrogen and oxygen atoms in total. The van der Waals surface area contributed by atoms with Crippen molar-refractivity contribution in [3.05, 3.63) is 66.2 Å². The molecule has 0 atom stereocenters. The first-order valence-corrected chi connectivity index (χ1v) is 6.12. The molecule has 0 saturated heterocycles. The van der Waals surface area contributed by atoms with E-state index in [1.54, 1.807) is 18.3 Å². The van der Waals surface area contributed by atoms with E-state index in [0.717, 1.165) is 27.6 Å². The minimum Gasteiger partial charge on any atom is -0.325 e. The van der Waals surface area contributed by atoms with Crippen LogP contribution in [0.5, 0.6) is 0 Å². The van der Waals surface area contributed by atoms with E-state index in [0.29, 0.717) is 6.54 Å². The van der Waals surface area contributed by atoms with E-state index < -0.39 is 0 Å². The van der Waals surface area contributed by atoms with Gasteiger partial charge in [-0.25, -0.2) is 4.39 Å². The molecular formula is C16H13FN2. The maximum atomic E-state index is 13.0. The number of benzene rings is 2. The summed E-state index contributed by atoms with van der Waals surface area (Å²) in [5, 5.41) is 2.14. The summed E-state index contributed by atoms with van der Waals surface area (Å²) < 4.78 is 13.0. The molecule has 2 aromatic carbocycles. The quantitative estimate of drug-likeness (QED) is 0.758. The third-order valence-corrected chi connectivity index (χ3v) is 3.23. The van der Waals surface area contributed by atoms with Crippen LogP contribution in [0, 0.1) is 5.82 Å². The Labute approximate surface area is 110 Å². The molecule has 1 aromatic heterocycles. The van der Waals surface area contributed by atoms with Gasteiger partial charge in [0.25, 0.3) is 0 Å². The van der Waals surface area contributed by atoms with Crippen LogP contribution in [-0.4, -0.2) is 4.98 Å². The Kier molecular flexibility index (Phi) is 2.97. The number of hydrogen-bond donors (Lipinski definition) is 1. The first kappa shape index (κ1) is 11.8. The van der Waals surface area contributed by atoms with Gasteiger partial charge in [-0.05, 0) is 23.1 Å². The summed E-state index contributed by atoms with van der Waals surface area (Å²) >= 11 is 0. The summed E-state index contributed by atoms with van der Waals surface area (Å²) in [6.07, 6.45) is 1.80. The van der Waals surface area contributed by atoms with Gasteiger partial charge in [0.1, 0.15) is 5.82 Å². The van der Waals surface area contributed by atoms with Crippen molar-refractivity contribution < 1.29 is 4.39 Å². The molecule has 3 rings (SSSR count). The van der Waals surface area contributed by atoms with Crippen molar-refractivity contribution in [1.82, 2.24) is 4.98 Å². The summed E-state index contributed by atoms with van der Waals surface area (Å²) in [7, 11) is 0. The Morgan fingerprint density at radius 2 is 1.63 bits per heavy atom. The standard InChI is InChI=1S/C16H13FN2/c17-12-7-5-11(6-8-12)15-10-19-16(9-18)14-4-2-1-3-13(14)15/h1-8,10H,9,18H2. The number of nitrogens with zero attached hydrogens (tertiary/aromatic N) is 1. The Morgan fingerprint density at radius 3 is 2.32 bits per heavy atom. The zero-order chi connectivity index (χ0) is 13.2. The highest BCUT2D eigenvalue weighted by Gasteiger charge is 2.07. The van der Waals surface area contributed by atoms with Crippen molar-refractivity contribution in [2.24, 2.45) is 5.73 Å². The van der Waals surface area contributed by atoms with E-state index in [2.05, 4.69) is 4.98 Å². The fraction of sp³-hybridized carbons (Fsp3) is 0.0625. The fourth-order valence-corrected chi connectivity index (χ4v) is 2.27. The van der Waals surface area contributed by atoms with E-state index in [-0.39, 0.29) is 5.82 Å². The van der Waals surface area contributed by atoms with Gasteiger partial charge in [-0.2, -0.15) is 0 Å². The smallest absolute Gasteiger partial charge is 0.123 e. The van der Waals surface area contributed by atoms with Gasteiger partial charge in [0.05, 0.1) is 5.69 Å². The van der Waals surface area contributed by atoms with Gasteiger partial charge in [0.15, 0.2) is 0 Å². The van der Waals surface area contributed by atoms with E-state index in [9.17, 15) is 4.39 Å². The SMILES string of the molecule is NCc1ncc(-c2ccc(F)cc2)c2ccccc12. The molecule has 3 aromatic rings. The summed E-state index contributed by atoms with van der Waals surface area (Å²) in [6.45, 7) is 0.407. The van der Waals surface area contributed by atoms with Gasteiger partial charge >= 0.3 is 0 Å².